The van der Waals surface area contributed by atoms with Gasteiger partial charge in [0.1, 0.15) is 5.57 Å². The summed E-state index contributed by atoms with van der Waals surface area (Å²) in [4.78, 5) is 35.6. The lowest BCUT2D eigenvalue weighted by Crippen LogP contribution is -2.37. The number of rotatable bonds is 6. The molecule has 0 aliphatic heterocycles. The first-order valence-corrected chi connectivity index (χ1v) is 8.40. The van der Waals surface area contributed by atoms with Gasteiger partial charge >= 0.3 is 12.1 Å². The van der Waals surface area contributed by atoms with E-state index >= 15 is 0 Å². The maximum absolute atomic E-state index is 12.2. The molecule has 0 aromatic heterocycles. The second kappa shape index (κ2) is 10.2. The molecule has 0 atom stereocenters. The average molecular weight is 425 g/mol. The molecule has 0 heterocycles. The number of amides is 2. The van der Waals surface area contributed by atoms with Gasteiger partial charge < -0.3 is 9.47 Å². The Bertz CT molecular complexity index is 716. The molecule has 0 aliphatic rings. The van der Waals surface area contributed by atoms with Crippen LogP contribution in [-0.4, -0.2) is 31.2 Å². The largest absolute Gasteiger partial charge is 0.462 e. The van der Waals surface area contributed by atoms with E-state index in [0.29, 0.717) is 0 Å². The number of benzene rings is 1. The first-order chi connectivity index (χ1) is 12.2. The van der Waals surface area contributed by atoms with Gasteiger partial charge in [-0.2, -0.15) is 0 Å². The van der Waals surface area contributed by atoms with Crippen molar-refractivity contribution in [3.63, 3.8) is 0 Å². The summed E-state index contributed by atoms with van der Waals surface area (Å²) in [7, 11) is 0. The number of hydrogen-bond acceptors (Lipinski definition) is 7. The van der Waals surface area contributed by atoms with E-state index in [1.165, 1.54) is 12.1 Å². The van der Waals surface area contributed by atoms with Gasteiger partial charge in [-0.15, -0.1) is 0 Å². The standard InChI is InChI=1S/C15H16Cl3N3O5/c1-3-25-14(23)9(13(22)20-15(24)26-4-2)7-21(19)12-10(17)5-8(16)6-11(12)18/h5-7H,3-4,19H2,1-2H3,(H,20,22,24)/b9-7+. The van der Waals surface area contributed by atoms with Gasteiger partial charge in [0.2, 0.25) is 0 Å². The normalized spacial score (nSPS) is 10.9. The Hall–Kier alpha value is -2.00. The Morgan fingerprint density at radius 2 is 1.65 bits per heavy atom. The van der Waals surface area contributed by atoms with Crippen LogP contribution in [0.1, 0.15) is 13.8 Å². The van der Waals surface area contributed by atoms with Crippen LogP contribution in [0.4, 0.5) is 10.5 Å². The highest BCUT2D eigenvalue weighted by atomic mass is 35.5. The Balaban J connectivity index is 3.23. The first-order valence-electron chi connectivity index (χ1n) is 7.26. The quantitative estimate of drug-likeness (QED) is 0.180. The molecular formula is C15H16Cl3N3O5. The van der Waals surface area contributed by atoms with Crippen LogP contribution in [0.5, 0.6) is 0 Å². The van der Waals surface area contributed by atoms with Crippen molar-refractivity contribution in [3.8, 4) is 0 Å². The average Bonchev–Trinajstić information content (AvgIpc) is 2.51. The molecule has 0 spiro atoms. The van der Waals surface area contributed by atoms with Crippen LogP contribution in [0.15, 0.2) is 23.9 Å². The third-order valence-corrected chi connectivity index (χ3v) is 3.53. The smallest absolute Gasteiger partial charge is 0.414 e. The van der Waals surface area contributed by atoms with E-state index in [9.17, 15) is 14.4 Å². The van der Waals surface area contributed by atoms with Crippen molar-refractivity contribution < 1.29 is 23.9 Å². The summed E-state index contributed by atoms with van der Waals surface area (Å²) >= 11 is 17.9. The van der Waals surface area contributed by atoms with Crippen molar-refractivity contribution in [2.45, 2.75) is 13.8 Å². The van der Waals surface area contributed by atoms with Gasteiger partial charge in [0, 0.05) is 11.2 Å². The second-order valence-electron chi connectivity index (χ2n) is 4.56. The van der Waals surface area contributed by atoms with Crippen molar-refractivity contribution in [1.82, 2.24) is 5.32 Å². The number of esters is 1. The summed E-state index contributed by atoms with van der Waals surface area (Å²) in [6.07, 6.45) is -0.105. The number of anilines is 1. The molecule has 2 amide bonds. The monoisotopic (exact) mass is 423 g/mol. The Morgan fingerprint density at radius 1 is 1.12 bits per heavy atom. The number of carbonyl (C=O) groups excluding carboxylic acids is 3. The van der Waals surface area contributed by atoms with Gasteiger partial charge in [-0.1, -0.05) is 34.8 Å². The maximum Gasteiger partial charge on any atom is 0.414 e. The Labute approximate surface area is 164 Å². The Morgan fingerprint density at radius 3 is 2.15 bits per heavy atom. The van der Waals surface area contributed by atoms with Gasteiger partial charge in [-0.25, -0.2) is 15.4 Å². The summed E-state index contributed by atoms with van der Waals surface area (Å²) in [5.41, 5.74) is -0.479. The van der Waals surface area contributed by atoms with Gasteiger partial charge in [0.05, 0.1) is 28.9 Å². The summed E-state index contributed by atoms with van der Waals surface area (Å²) in [5.74, 6) is 3.77. The number of ether oxygens (including phenoxy) is 2. The Kier molecular flexibility index (Phi) is 8.67. The highest BCUT2D eigenvalue weighted by Crippen LogP contribution is 2.35. The van der Waals surface area contributed by atoms with Crippen LogP contribution in [0, 0.1) is 0 Å². The minimum absolute atomic E-state index is 0.00408. The molecule has 11 heteroatoms. The molecule has 0 radical (unpaired) electrons. The van der Waals surface area contributed by atoms with Gasteiger partial charge in [-0.05, 0) is 26.0 Å². The van der Waals surface area contributed by atoms with Crippen LogP contribution < -0.4 is 16.2 Å². The number of nitrogens with one attached hydrogen (secondary N) is 1. The van der Waals surface area contributed by atoms with Crippen molar-refractivity contribution in [2.24, 2.45) is 5.84 Å². The molecule has 1 aromatic rings. The number of imide groups is 1. The van der Waals surface area contributed by atoms with Crippen LogP contribution in [-0.2, 0) is 19.1 Å². The van der Waals surface area contributed by atoms with Crippen LogP contribution in [0.3, 0.4) is 0 Å². The number of hydrogen-bond donors (Lipinski definition) is 2. The van der Waals surface area contributed by atoms with E-state index in [4.69, 9.17) is 45.4 Å². The highest BCUT2D eigenvalue weighted by molar-refractivity contribution is 6.41. The summed E-state index contributed by atoms with van der Waals surface area (Å²) in [5, 5.41) is 3.15. The molecule has 0 bridgehead atoms. The van der Waals surface area contributed by atoms with E-state index in [-0.39, 0.29) is 34.0 Å². The zero-order valence-electron chi connectivity index (χ0n) is 13.8. The van der Waals surface area contributed by atoms with Crippen molar-refractivity contribution in [2.75, 3.05) is 18.2 Å². The number of alkyl carbamates (subject to hydrolysis) is 1. The molecule has 0 fully saturated rings. The molecule has 1 aromatic carbocycles. The molecule has 8 nitrogen and oxygen atoms in total. The third kappa shape index (κ3) is 6.06. The molecule has 0 unspecified atom stereocenters. The number of hydrazine groups is 1. The summed E-state index contributed by atoms with van der Waals surface area (Å²) in [6, 6.07) is 2.75. The SMILES string of the molecule is CCOC(=O)NC(=O)/C(=C\N(N)c1c(Cl)cc(Cl)cc1Cl)C(=O)OCC. The fraction of sp³-hybridized carbons (Fsp3) is 0.267. The molecular weight excluding hydrogens is 409 g/mol. The molecule has 0 aliphatic carbocycles. The van der Waals surface area contributed by atoms with Crippen molar-refractivity contribution >= 4 is 58.5 Å². The lowest BCUT2D eigenvalue weighted by atomic mass is 10.2. The van der Waals surface area contributed by atoms with Crippen molar-refractivity contribution in [1.29, 1.82) is 0 Å². The third-order valence-electron chi connectivity index (χ3n) is 2.74. The molecule has 0 saturated heterocycles. The summed E-state index contributed by atoms with van der Waals surface area (Å²) in [6.45, 7) is 3.14. The highest BCUT2D eigenvalue weighted by Gasteiger charge is 2.24. The summed E-state index contributed by atoms with van der Waals surface area (Å²) < 4.78 is 9.39. The molecule has 142 valence electrons. The van der Waals surface area contributed by atoms with Crippen LogP contribution >= 0.6 is 34.8 Å². The fourth-order valence-corrected chi connectivity index (χ4v) is 2.74. The van der Waals surface area contributed by atoms with E-state index in [2.05, 4.69) is 4.74 Å². The lowest BCUT2D eigenvalue weighted by Gasteiger charge is -2.19. The zero-order chi connectivity index (χ0) is 19.9. The maximum atomic E-state index is 12.2. The number of nitrogens with two attached hydrogens (primary N) is 1. The molecule has 0 saturated carbocycles. The zero-order valence-corrected chi connectivity index (χ0v) is 16.1. The van der Waals surface area contributed by atoms with E-state index in [1.54, 1.807) is 13.8 Å². The first kappa shape index (κ1) is 22.0. The fourth-order valence-electron chi connectivity index (χ4n) is 1.72. The predicted molar refractivity (Wildman–Crippen MR) is 98.0 cm³/mol. The number of carbonyl (C=O) groups is 3. The van der Waals surface area contributed by atoms with E-state index < -0.39 is 23.5 Å². The van der Waals surface area contributed by atoms with Gasteiger partial charge in [0.15, 0.2) is 0 Å². The van der Waals surface area contributed by atoms with E-state index in [1.807, 2.05) is 5.32 Å². The molecule has 3 N–H and O–H groups in total. The van der Waals surface area contributed by atoms with E-state index in [0.717, 1.165) is 11.2 Å². The molecule has 1 rings (SSSR count). The second-order valence-corrected chi connectivity index (χ2v) is 5.81. The van der Waals surface area contributed by atoms with Crippen molar-refractivity contribution in [3.05, 3.63) is 39.0 Å². The number of nitrogens with zero attached hydrogens (tertiary/aromatic N) is 1. The molecule has 26 heavy (non-hydrogen) atoms. The lowest BCUT2D eigenvalue weighted by molar-refractivity contribution is -0.140. The topological polar surface area (TPSA) is 111 Å². The number of halogens is 3. The minimum Gasteiger partial charge on any atom is -0.462 e. The van der Waals surface area contributed by atoms with Gasteiger partial charge in [0.25, 0.3) is 5.91 Å². The van der Waals surface area contributed by atoms with Crippen LogP contribution in [0.25, 0.3) is 0 Å². The van der Waals surface area contributed by atoms with Crippen LogP contribution in [0.2, 0.25) is 15.1 Å². The predicted octanol–water partition coefficient (Wildman–Crippen LogP) is 3.05. The minimum atomic E-state index is -1.07. The van der Waals surface area contributed by atoms with Gasteiger partial charge in [-0.3, -0.25) is 15.1 Å².